The van der Waals surface area contributed by atoms with Crippen LogP contribution in [0.2, 0.25) is 0 Å². The molecule has 0 spiro atoms. The zero-order valence-electron chi connectivity index (χ0n) is 16.3. The maximum absolute atomic E-state index is 12.9. The number of carbonyl (C=O) groups excluding carboxylic acids is 1. The summed E-state index contributed by atoms with van der Waals surface area (Å²) >= 11 is 6.61. The van der Waals surface area contributed by atoms with E-state index < -0.39 is 0 Å². The van der Waals surface area contributed by atoms with E-state index in [4.69, 9.17) is 9.47 Å². The molecule has 4 aromatic rings. The zero-order chi connectivity index (χ0) is 22.2. The molecule has 0 aromatic heterocycles. The molecule has 0 aliphatic carbocycles. The molecular formula is C25H14I3O3S+. The molecule has 4 aromatic carbocycles. The van der Waals surface area contributed by atoms with Crippen molar-refractivity contribution in [3.05, 3.63) is 101 Å². The van der Waals surface area contributed by atoms with Crippen molar-refractivity contribution in [3.8, 4) is 17.2 Å². The quantitative estimate of drug-likeness (QED) is 0.0615. The second-order valence-corrected chi connectivity index (χ2v) is 12.2. The molecule has 7 heteroatoms. The second-order valence-electron chi connectivity index (χ2n) is 6.88. The molecule has 1 heterocycles. The number of fused-ring (bicyclic) bond motifs is 2. The van der Waals surface area contributed by atoms with Crippen LogP contribution in [-0.4, -0.2) is 5.97 Å². The Morgan fingerprint density at radius 1 is 0.719 bits per heavy atom. The monoisotopic (exact) mass is 775 g/mol. The minimum atomic E-state index is -0.339. The number of benzene rings is 4. The Morgan fingerprint density at radius 2 is 1.28 bits per heavy atom. The Kier molecular flexibility index (Phi) is 6.68. The van der Waals surface area contributed by atoms with Crippen molar-refractivity contribution in [2.24, 2.45) is 0 Å². The highest BCUT2D eigenvalue weighted by Crippen LogP contribution is 2.46. The first-order valence-electron chi connectivity index (χ1n) is 9.59. The molecule has 32 heavy (non-hydrogen) atoms. The van der Waals surface area contributed by atoms with E-state index in [0.29, 0.717) is 11.3 Å². The van der Waals surface area contributed by atoms with Gasteiger partial charge in [-0.15, -0.1) is 0 Å². The van der Waals surface area contributed by atoms with E-state index in [1.807, 2.05) is 72.8 Å². The lowest BCUT2D eigenvalue weighted by Crippen LogP contribution is -2.14. The molecule has 1 aliphatic heterocycles. The van der Waals surface area contributed by atoms with E-state index >= 15 is 0 Å². The number of halogens is 3. The predicted molar refractivity (Wildman–Crippen MR) is 151 cm³/mol. The topological polar surface area (TPSA) is 35.5 Å². The molecule has 1 aliphatic rings. The van der Waals surface area contributed by atoms with Crippen molar-refractivity contribution in [3.63, 3.8) is 0 Å². The maximum atomic E-state index is 12.9. The summed E-state index contributed by atoms with van der Waals surface area (Å²) in [6.45, 7) is 0. The number of ether oxygens (including phenoxy) is 2. The highest BCUT2D eigenvalue weighted by Gasteiger charge is 2.38. The first-order chi connectivity index (χ1) is 15.5. The van der Waals surface area contributed by atoms with Crippen LogP contribution in [-0.2, 0) is 10.9 Å². The van der Waals surface area contributed by atoms with Crippen molar-refractivity contribution >= 4 is 84.6 Å². The van der Waals surface area contributed by atoms with E-state index in [2.05, 4.69) is 79.9 Å². The van der Waals surface area contributed by atoms with Gasteiger partial charge in [0.1, 0.15) is 16.6 Å². The molecule has 0 saturated heterocycles. The van der Waals surface area contributed by atoms with Crippen LogP contribution in [0.1, 0.15) is 10.4 Å². The number of para-hydroxylation sites is 2. The molecule has 0 N–H and O–H groups in total. The standard InChI is InChI=1S/C25H14I3O3S/c26-17-13-14-18(27)24(28)23(17)25(29)30-15-9-11-16(12-10-15)32-21-7-3-1-5-19(21)31-20-6-2-4-8-22(20)32/h1-14H/q+1. The fraction of sp³-hybridized carbons (Fsp3) is 0. The normalized spacial score (nSPS) is 12.5. The van der Waals surface area contributed by atoms with Gasteiger partial charge in [0, 0.05) is 10.7 Å². The third-order valence-corrected chi connectivity index (χ3v) is 11.1. The molecule has 0 saturated carbocycles. The average molecular weight is 775 g/mol. The summed E-state index contributed by atoms with van der Waals surface area (Å²) < 4.78 is 14.7. The van der Waals surface area contributed by atoms with Crippen molar-refractivity contribution < 1.29 is 14.3 Å². The van der Waals surface area contributed by atoms with Gasteiger partial charge >= 0.3 is 5.97 Å². The van der Waals surface area contributed by atoms with Crippen molar-refractivity contribution in [1.82, 2.24) is 0 Å². The maximum Gasteiger partial charge on any atom is 0.345 e. The number of rotatable bonds is 3. The molecule has 3 nitrogen and oxygen atoms in total. The van der Waals surface area contributed by atoms with Gasteiger partial charge in [0.2, 0.25) is 9.79 Å². The summed E-state index contributed by atoms with van der Waals surface area (Å²) in [6.07, 6.45) is 0. The first kappa shape index (κ1) is 22.5. The van der Waals surface area contributed by atoms with E-state index in [9.17, 15) is 4.79 Å². The largest absolute Gasteiger partial charge is 0.447 e. The highest BCUT2D eigenvalue weighted by atomic mass is 127. The summed E-state index contributed by atoms with van der Waals surface area (Å²) in [5, 5.41) is 0. The summed E-state index contributed by atoms with van der Waals surface area (Å²) in [6, 6.07) is 28.0. The van der Waals surface area contributed by atoms with Gasteiger partial charge in [-0.3, -0.25) is 0 Å². The van der Waals surface area contributed by atoms with Gasteiger partial charge in [-0.1, -0.05) is 24.3 Å². The fourth-order valence-electron chi connectivity index (χ4n) is 3.41. The average Bonchev–Trinajstić information content (AvgIpc) is 2.81. The van der Waals surface area contributed by atoms with Gasteiger partial charge in [0.15, 0.2) is 16.4 Å². The molecule has 0 atom stereocenters. The van der Waals surface area contributed by atoms with Crippen molar-refractivity contribution in [1.29, 1.82) is 0 Å². The number of esters is 1. The van der Waals surface area contributed by atoms with E-state index in [1.165, 1.54) is 0 Å². The highest BCUT2D eigenvalue weighted by molar-refractivity contribution is 14.1. The Hall–Kier alpha value is -1.31. The lowest BCUT2D eigenvalue weighted by atomic mass is 10.2. The van der Waals surface area contributed by atoms with Crippen LogP contribution in [0.25, 0.3) is 0 Å². The van der Waals surface area contributed by atoms with Crippen LogP contribution < -0.4 is 9.47 Å². The van der Waals surface area contributed by atoms with Gasteiger partial charge in [0.05, 0.1) is 5.56 Å². The summed E-state index contributed by atoms with van der Waals surface area (Å²) in [5.74, 6) is 1.96. The van der Waals surface area contributed by atoms with E-state index in [0.717, 1.165) is 36.9 Å². The summed E-state index contributed by atoms with van der Waals surface area (Å²) in [7, 11) is -0.294. The van der Waals surface area contributed by atoms with Crippen LogP contribution in [0.15, 0.2) is 99.6 Å². The van der Waals surface area contributed by atoms with E-state index in [-0.39, 0.29) is 16.9 Å². The van der Waals surface area contributed by atoms with Crippen LogP contribution in [0.5, 0.6) is 17.2 Å². The van der Waals surface area contributed by atoms with Crippen LogP contribution >= 0.6 is 67.8 Å². The first-order valence-corrected chi connectivity index (χ1v) is 14.0. The molecule has 0 unspecified atom stereocenters. The Bertz CT molecular complexity index is 1290. The third kappa shape index (κ3) is 4.28. The van der Waals surface area contributed by atoms with Crippen molar-refractivity contribution in [2.75, 3.05) is 0 Å². The molecule has 158 valence electrons. The van der Waals surface area contributed by atoms with Gasteiger partial charge in [0.25, 0.3) is 0 Å². The predicted octanol–water partition coefficient (Wildman–Crippen LogP) is 7.92. The van der Waals surface area contributed by atoms with E-state index in [1.54, 1.807) is 0 Å². The minimum absolute atomic E-state index is 0.294. The lowest BCUT2D eigenvalue weighted by molar-refractivity contribution is 0.0732. The minimum Gasteiger partial charge on any atom is -0.447 e. The Balaban J connectivity index is 1.47. The number of hydrogen-bond donors (Lipinski definition) is 0. The summed E-state index contributed by atoms with van der Waals surface area (Å²) in [5.41, 5.74) is 0.608. The Morgan fingerprint density at radius 3 is 1.91 bits per heavy atom. The van der Waals surface area contributed by atoms with Gasteiger partial charge in [-0.25, -0.2) is 4.79 Å². The molecular weight excluding hydrogens is 761 g/mol. The van der Waals surface area contributed by atoms with Crippen molar-refractivity contribution in [2.45, 2.75) is 14.7 Å². The fourth-order valence-corrected chi connectivity index (χ4v) is 7.94. The smallest absolute Gasteiger partial charge is 0.345 e. The zero-order valence-corrected chi connectivity index (χ0v) is 23.6. The molecule has 0 radical (unpaired) electrons. The van der Waals surface area contributed by atoms with Gasteiger partial charge in [-0.05, 0) is 128 Å². The summed E-state index contributed by atoms with van der Waals surface area (Å²) in [4.78, 5) is 16.3. The van der Waals surface area contributed by atoms with Crippen LogP contribution in [0.4, 0.5) is 0 Å². The molecule has 0 fully saturated rings. The van der Waals surface area contributed by atoms with Crippen LogP contribution in [0.3, 0.4) is 0 Å². The second kappa shape index (κ2) is 9.51. The number of carbonyl (C=O) groups is 1. The SMILES string of the molecule is O=C(Oc1ccc([S+]2c3ccccc3Oc3ccccc32)cc1)c1c(I)ccc(I)c1I. The molecule has 5 rings (SSSR count). The van der Waals surface area contributed by atoms with Gasteiger partial charge in [-0.2, -0.15) is 0 Å². The molecule has 0 bridgehead atoms. The van der Waals surface area contributed by atoms with Crippen LogP contribution in [0, 0.1) is 10.7 Å². The van der Waals surface area contributed by atoms with Gasteiger partial charge < -0.3 is 9.47 Å². The Labute approximate surface area is 229 Å². The molecule has 0 amide bonds. The third-order valence-electron chi connectivity index (χ3n) is 4.88. The number of hydrogen-bond acceptors (Lipinski definition) is 3. The lowest BCUT2D eigenvalue weighted by Gasteiger charge is -2.19.